The van der Waals surface area contributed by atoms with Crippen molar-refractivity contribution in [2.45, 2.75) is 6.92 Å². The van der Waals surface area contributed by atoms with Crippen molar-refractivity contribution >= 4 is 39.9 Å². The molecule has 0 bridgehead atoms. The standard InChI is InChI=1S/C21H19N7O2/c1-11-5-4-6-12(20(11)30)25-19-17(22)15(29)9-13-18(19)26-21-14(24-13)10-28(27-21)16-7-2-3-8-23-16/h2-10,24-25,29-30H,22H2,1H3,(H,26,27). The Morgan fingerprint density at radius 2 is 1.93 bits per heavy atom. The zero-order chi connectivity index (χ0) is 20.8. The van der Waals surface area contributed by atoms with Crippen LogP contribution in [0.25, 0.3) is 5.82 Å². The summed E-state index contributed by atoms with van der Waals surface area (Å²) in [5.41, 5.74) is 9.87. The number of phenolic OH excluding ortho intramolecular Hbond substituents is 2. The third kappa shape index (κ3) is 2.80. The molecule has 0 aliphatic carbocycles. The van der Waals surface area contributed by atoms with E-state index < -0.39 is 0 Å². The molecular weight excluding hydrogens is 382 g/mol. The highest BCUT2D eigenvalue weighted by Gasteiger charge is 2.25. The molecule has 0 atom stereocenters. The van der Waals surface area contributed by atoms with Gasteiger partial charge < -0.3 is 31.9 Å². The fourth-order valence-corrected chi connectivity index (χ4v) is 3.36. The third-order valence-electron chi connectivity index (χ3n) is 4.95. The minimum Gasteiger partial charge on any atom is -0.506 e. The fraction of sp³-hybridized carbons (Fsp3) is 0.0476. The van der Waals surface area contributed by atoms with Gasteiger partial charge in [0.2, 0.25) is 0 Å². The lowest BCUT2D eigenvalue weighted by Crippen LogP contribution is -2.10. The molecular formula is C21H19N7O2. The lowest BCUT2D eigenvalue weighted by molar-refractivity contribution is 0.473. The summed E-state index contributed by atoms with van der Waals surface area (Å²) in [6.07, 6.45) is 3.50. The summed E-state index contributed by atoms with van der Waals surface area (Å²) in [5.74, 6) is 1.27. The fourth-order valence-electron chi connectivity index (χ4n) is 3.36. The lowest BCUT2D eigenvalue weighted by atomic mass is 10.1. The molecule has 9 nitrogen and oxygen atoms in total. The number of nitrogens with one attached hydrogen (secondary N) is 3. The van der Waals surface area contributed by atoms with Gasteiger partial charge in [0, 0.05) is 12.3 Å². The number of benzene rings is 2. The van der Waals surface area contributed by atoms with Gasteiger partial charge in [0.05, 0.1) is 28.9 Å². The second-order valence-electron chi connectivity index (χ2n) is 6.98. The van der Waals surface area contributed by atoms with E-state index in [9.17, 15) is 10.2 Å². The molecule has 9 heteroatoms. The zero-order valence-electron chi connectivity index (χ0n) is 16.0. The molecule has 30 heavy (non-hydrogen) atoms. The number of nitrogens with zero attached hydrogens (tertiary/aromatic N) is 3. The predicted octanol–water partition coefficient (Wildman–Crippen LogP) is 4.11. The molecule has 0 unspecified atom stereocenters. The monoisotopic (exact) mass is 401 g/mol. The number of aryl methyl sites for hydroxylation is 1. The van der Waals surface area contributed by atoms with Gasteiger partial charge in [-0.2, -0.15) is 0 Å². The molecule has 0 amide bonds. The predicted molar refractivity (Wildman–Crippen MR) is 117 cm³/mol. The van der Waals surface area contributed by atoms with Crippen molar-refractivity contribution < 1.29 is 10.2 Å². The molecule has 2 aromatic heterocycles. The highest BCUT2D eigenvalue weighted by molar-refractivity contribution is 6.02. The van der Waals surface area contributed by atoms with Crippen LogP contribution in [0.3, 0.4) is 0 Å². The largest absolute Gasteiger partial charge is 0.506 e. The first-order chi connectivity index (χ1) is 14.5. The van der Waals surface area contributed by atoms with Crippen LogP contribution < -0.4 is 21.7 Å². The maximum atomic E-state index is 10.4. The van der Waals surface area contributed by atoms with Gasteiger partial charge in [-0.15, -0.1) is 5.10 Å². The Hall–Kier alpha value is -4.40. The Morgan fingerprint density at radius 3 is 2.73 bits per heavy atom. The first-order valence-corrected chi connectivity index (χ1v) is 9.27. The number of fused-ring (bicyclic) bond motifs is 2. The summed E-state index contributed by atoms with van der Waals surface area (Å²) in [4.78, 5) is 4.31. The summed E-state index contributed by atoms with van der Waals surface area (Å²) < 4.78 is 1.65. The van der Waals surface area contributed by atoms with Crippen LogP contribution in [0.15, 0.2) is 54.9 Å². The van der Waals surface area contributed by atoms with E-state index in [1.165, 1.54) is 0 Å². The van der Waals surface area contributed by atoms with Crippen LogP contribution in [0.1, 0.15) is 5.56 Å². The van der Waals surface area contributed by atoms with Crippen LogP contribution in [0.2, 0.25) is 0 Å². The molecule has 0 fully saturated rings. The highest BCUT2D eigenvalue weighted by atomic mass is 16.3. The van der Waals surface area contributed by atoms with Crippen molar-refractivity contribution in [3.8, 4) is 17.3 Å². The number of pyridine rings is 1. The summed E-state index contributed by atoms with van der Waals surface area (Å²) in [7, 11) is 0. The van der Waals surface area contributed by atoms with E-state index in [0.717, 1.165) is 11.3 Å². The highest BCUT2D eigenvalue weighted by Crippen LogP contribution is 2.49. The first-order valence-electron chi connectivity index (χ1n) is 9.27. The van der Waals surface area contributed by atoms with Crippen LogP contribution in [0.4, 0.5) is 39.9 Å². The van der Waals surface area contributed by atoms with Crippen LogP contribution in [-0.4, -0.2) is 25.0 Å². The van der Waals surface area contributed by atoms with Gasteiger partial charge in [-0.25, -0.2) is 9.67 Å². The number of para-hydroxylation sites is 1. The van der Waals surface area contributed by atoms with Crippen molar-refractivity contribution in [3.63, 3.8) is 0 Å². The van der Waals surface area contributed by atoms with Gasteiger partial charge in [-0.1, -0.05) is 18.2 Å². The van der Waals surface area contributed by atoms with Crippen LogP contribution in [-0.2, 0) is 0 Å². The Bertz CT molecular complexity index is 1270. The van der Waals surface area contributed by atoms with Crippen LogP contribution in [0.5, 0.6) is 11.5 Å². The maximum Gasteiger partial charge on any atom is 0.176 e. The number of aromatic hydroxyl groups is 2. The van der Waals surface area contributed by atoms with E-state index in [-0.39, 0.29) is 17.2 Å². The van der Waals surface area contributed by atoms with Crippen molar-refractivity contribution in [1.82, 2.24) is 14.8 Å². The molecule has 0 saturated carbocycles. The summed E-state index contributed by atoms with van der Waals surface area (Å²) in [6.45, 7) is 1.80. The van der Waals surface area contributed by atoms with E-state index in [4.69, 9.17) is 5.73 Å². The zero-order valence-corrected chi connectivity index (χ0v) is 16.0. The number of anilines is 7. The number of phenols is 2. The van der Waals surface area contributed by atoms with Crippen LogP contribution in [0, 0.1) is 6.92 Å². The van der Waals surface area contributed by atoms with Gasteiger partial charge in [0.1, 0.15) is 22.9 Å². The van der Waals surface area contributed by atoms with E-state index >= 15 is 0 Å². The minimum atomic E-state index is -0.0849. The minimum absolute atomic E-state index is 0.0849. The molecule has 4 aromatic rings. The Morgan fingerprint density at radius 1 is 1.07 bits per heavy atom. The molecule has 2 aromatic carbocycles. The van der Waals surface area contributed by atoms with E-state index in [1.807, 2.05) is 24.3 Å². The van der Waals surface area contributed by atoms with Gasteiger partial charge in [0.15, 0.2) is 11.6 Å². The normalized spacial score (nSPS) is 11.8. The third-order valence-corrected chi connectivity index (χ3v) is 4.95. The number of rotatable bonds is 3. The van der Waals surface area contributed by atoms with E-state index in [1.54, 1.807) is 42.2 Å². The topological polar surface area (TPSA) is 133 Å². The van der Waals surface area contributed by atoms with Crippen molar-refractivity contribution in [2.75, 3.05) is 21.7 Å². The van der Waals surface area contributed by atoms with Crippen molar-refractivity contribution in [1.29, 1.82) is 0 Å². The van der Waals surface area contributed by atoms with Gasteiger partial charge in [0.25, 0.3) is 0 Å². The average Bonchev–Trinajstić information content (AvgIpc) is 3.17. The number of hydrogen-bond donors (Lipinski definition) is 6. The quantitative estimate of drug-likeness (QED) is 0.151. The average molecular weight is 401 g/mol. The molecule has 0 saturated heterocycles. The second kappa shape index (κ2) is 6.59. The number of hydrogen-bond acceptors (Lipinski definition) is 8. The van der Waals surface area contributed by atoms with Gasteiger partial charge in [-0.3, -0.25) is 0 Å². The summed E-state index contributed by atoms with van der Waals surface area (Å²) >= 11 is 0. The SMILES string of the molecule is Cc1cccc(Nc2c(N)c(O)cc3c2Nc2nn(-c4ccccn4)cc2N3)c1O. The molecule has 5 rings (SSSR count). The number of nitrogens with two attached hydrogens (primary N) is 1. The summed E-state index contributed by atoms with van der Waals surface area (Å²) in [6, 6.07) is 12.5. The first kappa shape index (κ1) is 17.7. The second-order valence-corrected chi connectivity index (χ2v) is 6.98. The van der Waals surface area contributed by atoms with Crippen LogP contribution >= 0.6 is 0 Å². The Kier molecular flexibility index (Phi) is 3.88. The van der Waals surface area contributed by atoms with Gasteiger partial charge >= 0.3 is 0 Å². The van der Waals surface area contributed by atoms with Crippen molar-refractivity contribution in [2.24, 2.45) is 0 Å². The molecule has 0 spiro atoms. The number of aromatic nitrogens is 3. The molecule has 3 heterocycles. The maximum absolute atomic E-state index is 10.4. The molecule has 1 aliphatic rings. The van der Waals surface area contributed by atoms with Gasteiger partial charge in [-0.05, 0) is 30.7 Å². The lowest BCUT2D eigenvalue weighted by Gasteiger charge is -2.24. The van der Waals surface area contributed by atoms with E-state index in [2.05, 4.69) is 26.0 Å². The smallest absolute Gasteiger partial charge is 0.176 e. The molecule has 1 aliphatic heterocycles. The van der Waals surface area contributed by atoms with E-state index in [0.29, 0.717) is 34.4 Å². The molecule has 150 valence electrons. The molecule has 7 N–H and O–H groups in total. The van der Waals surface area contributed by atoms with Crippen molar-refractivity contribution in [3.05, 3.63) is 60.4 Å². The summed E-state index contributed by atoms with van der Waals surface area (Å²) in [5, 5.41) is 35.0. The Labute approximate surface area is 171 Å². The Balaban J connectivity index is 1.57. The molecule has 0 radical (unpaired) electrons. The number of nitrogen functional groups attached to an aromatic ring is 1.